The molecule has 4 nitrogen and oxygen atoms in total. The molecule has 160 valence electrons. The second kappa shape index (κ2) is 8.66. The van der Waals surface area contributed by atoms with Gasteiger partial charge in [-0.1, -0.05) is 90.3 Å². The third-order valence-corrected chi connectivity index (χ3v) is 7.28. The predicted molar refractivity (Wildman–Crippen MR) is 134 cm³/mol. The lowest BCUT2D eigenvalue weighted by Gasteiger charge is -2.12. The van der Waals surface area contributed by atoms with Crippen LogP contribution in [0, 0.1) is 0 Å². The zero-order valence-corrected chi connectivity index (χ0v) is 21.5. The van der Waals surface area contributed by atoms with Crippen LogP contribution in [0.1, 0.15) is 38.3 Å². The number of halogens is 3. The fourth-order valence-corrected chi connectivity index (χ4v) is 4.98. The zero-order valence-electron chi connectivity index (χ0n) is 17.6. The second-order valence-corrected chi connectivity index (χ2v) is 10.9. The van der Waals surface area contributed by atoms with Crippen LogP contribution in [-0.4, -0.2) is 20.0 Å². The molecule has 0 amide bonds. The van der Waals surface area contributed by atoms with Gasteiger partial charge in [-0.05, 0) is 36.8 Å². The van der Waals surface area contributed by atoms with Gasteiger partial charge in [-0.3, -0.25) is 0 Å². The molecule has 2 aromatic carbocycles. The van der Waals surface area contributed by atoms with Crippen molar-refractivity contribution in [3.63, 3.8) is 0 Å². The van der Waals surface area contributed by atoms with Crippen molar-refractivity contribution >= 4 is 50.5 Å². The quantitative estimate of drug-likeness (QED) is 0.266. The summed E-state index contributed by atoms with van der Waals surface area (Å²) in [6.45, 7) is 8.54. The van der Waals surface area contributed by atoms with Gasteiger partial charge in [0, 0.05) is 26.0 Å². The molecule has 0 aliphatic rings. The van der Waals surface area contributed by atoms with Crippen LogP contribution in [0.3, 0.4) is 0 Å². The van der Waals surface area contributed by atoms with Crippen molar-refractivity contribution in [1.29, 1.82) is 0 Å². The standard InChI is InChI=1S/C23H21BrCl2N4S/c1-5-16-19(21-27-28-22(31-21)23(2,3)4)29-30(18-11-10-15(25)12-17(18)26)20(16)13-6-8-14(24)9-7-13/h6-12H,5H2,1-4H3. The summed E-state index contributed by atoms with van der Waals surface area (Å²) in [5.41, 5.74) is 4.67. The Hall–Kier alpha value is -1.73. The SMILES string of the molecule is CCc1c(-c2nnc(C(C)(C)C)s2)nn(-c2ccc(Cl)cc2Cl)c1-c1ccc(Br)cc1. The topological polar surface area (TPSA) is 43.6 Å². The van der Waals surface area contributed by atoms with Crippen molar-refractivity contribution in [3.05, 3.63) is 67.6 Å². The summed E-state index contributed by atoms with van der Waals surface area (Å²) >= 11 is 17.8. The van der Waals surface area contributed by atoms with Gasteiger partial charge < -0.3 is 0 Å². The van der Waals surface area contributed by atoms with E-state index in [1.807, 2.05) is 28.9 Å². The van der Waals surface area contributed by atoms with Crippen molar-refractivity contribution in [2.24, 2.45) is 0 Å². The molecule has 2 heterocycles. The number of nitrogens with zero attached hydrogens (tertiary/aromatic N) is 4. The van der Waals surface area contributed by atoms with Crippen molar-refractivity contribution in [2.45, 2.75) is 39.5 Å². The molecule has 0 fully saturated rings. The van der Waals surface area contributed by atoms with Crippen LogP contribution in [-0.2, 0) is 11.8 Å². The van der Waals surface area contributed by atoms with Gasteiger partial charge in [0.1, 0.15) is 10.7 Å². The molecule has 0 aliphatic carbocycles. The van der Waals surface area contributed by atoms with E-state index in [0.717, 1.165) is 49.1 Å². The fourth-order valence-electron chi connectivity index (χ4n) is 3.31. The first-order chi connectivity index (χ1) is 14.7. The van der Waals surface area contributed by atoms with Crippen molar-refractivity contribution in [2.75, 3.05) is 0 Å². The highest BCUT2D eigenvalue weighted by molar-refractivity contribution is 9.10. The molecule has 31 heavy (non-hydrogen) atoms. The van der Waals surface area contributed by atoms with E-state index >= 15 is 0 Å². The molecule has 0 unspecified atom stereocenters. The predicted octanol–water partition coefficient (Wildman–Crippen LogP) is 7.99. The third kappa shape index (κ3) is 4.44. The molecule has 0 saturated carbocycles. The summed E-state index contributed by atoms with van der Waals surface area (Å²) in [5, 5.41) is 16.8. The van der Waals surface area contributed by atoms with E-state index in [4.69, 9.17) is 28.3 Å². The lowest BCUT2D eigenvalue weighted by Crippen LogP contribution is -2.10. The maximum atomic E-state index is 6.59. The first-order valence-corrected chi connectivity index (χ1v) is 12.2. The molecular weight excluding hydrogens is 515 g/mol. The largest absolute Gasteiger partial charge is 0.231 e. The smallest absolute Gasteiger partial charge is 0.168 e. The summed E-state index contributed by atoms with van der Waals surface area (Å²) in [5.74, 6) is 0. The normalized spacial score (nSPS) is 11.8. The second-order valence-electron chi connectivity index (χ2n) is 8.21. The van der Waals surface area contributed by atoms with Gasteiger partial charge in [0.2, 0.25) is 0 Å². The van der Waals surface area contributed by atoms with Gasteiger partial charge in [-0.15, -0.1) is 10.2 Å². The molecule has 8 heteroatoms. The van der Waals surface area contributed by atoms with Crippen LogP contribution in [0.2, 0.25) is 10.0 Å². The third-order valence-electron chi connectivity index (χ3n) is 4.86. The molecule has 0 aliphatic heterocycles. The van der Waals surface area contributed by atoms with E-state index in [0.29, 0.717) is 10.0 Å². The molecule has 0 atom stereocenters. The lowest BCUT2D eigenvalue weighted by atomic mass is 9.98. The monoisotopic (exact) mass is 534 g/mol. The molecule has 0 saturated heterocycles. The molecule has 2 aromatic heterocycles. The van der Waals surface area contributed by atoms with E-state index in [-0.39, 0.29) is 5.41 Å². The van der Waals surface area contributed by atoms with Crippen LogP contribution in [0.5, 0.6) is 0 Å². The van der Waals surface area contributed by atoms with E-state index in [1.165, 1.54) is 0 Å². The van der Waals surface area contributed by atoms with Crippen LogP contribution in [0.25, 0.3) is 27.6 Å². The van der Waals surface area contributed by atoms with Crippen LogP contribution >= 0.6 is 50.5 Å². The van der Waals surface area contributed by atoms with E-state index in [2.05, 4.69) is 66.0 Å². The molecule has 4 rings (SSSR count). The van der Waals surface area contributed by atoms with E-state index < -0.39 is 0 Å². The van der Waals surface area contributed by atoms with Gasteiger partial charge in [0.05, 0.1) is 16.4 Å². The molecule has 0 spiro atoms. The average molecular weight is 536 g/mol. The first-order valence-electron chi connectivity index (χ1n) is 9.86. The molecular formula is C23H21BrCl2N4S. The molecule has 0 radical (unpaired) electrons. The molecule has 4 aromatic rings. The number of hydrogen-bond acceptors (Lipinski definition) is 4. The van der Waals surface area contributed by atoms with Crippen LogP contribution in [0.4, 0.5) is 0 Å². The minimum Gasteiger partial charge on any atom is -0.231 e. The highest BCUT2D eigenvalue weighted by atomic mass is 79.9. The van der Waals surface area contributed by atoms with Gasteiger partial charge in [0.15, 0.2) is 5.01 Å². The van der Waals surface area contributed by atoms with Crippen LogP contribution < -0.4 is 0 Å². The van der Waals surface area contributed by atoms with Gasteiger partial charge in [-0.25, -0.2) is 4.68 Å². The van der Waals surface area contributed by atoms with Crippen molar-refractivity contribution in [1.82, 2.24) is 20.0 Å². The van der Waals surface area contributed by atoms with Gasteiger partial charge in [-0.2, -0.15) is 5.10 Å². The Labute approximate surface area is 204 Å². The molecule has 0 N–H and O–H groups in total. The average Bonchev–Trinajstić information content (AvgIpc) is 3.33. The van der Waals surface area contributed by atoms with E-state index in [1.54, 1.807) is 17.4 Å². The number of benzene rings is 2. The summed E-state index contributed by atoms with van der Waals surface area (Å²) in [6, 6.07) is 13.7. The lowest BCUT2D eigenvalue weighted by molar-refractivity contribution is 0.578. The highest BCUT2D eigenvalue weighted by Gasteiger charge is 2.26. The number of hydrogen-bond donors (Lipinski definition) is 0. The maximum Gasteiger partial charge on any atom is 0.168 e. The zero-order chi connectivity index (χ0) is 22.3. The minimum atomic E-state index is -0.0706. The van der Waals surface area contributed by atoms with Crippen LogP contribution in [0.15, 0.2) is 46.9 Å². The Morgan fingerprint density at radius 2 is 1.74 bits per heavy atom. The maximum absolute atomic E-state index is 6.59. The Morgan fingerprint density at radius 3 is 2.32 bits per heavy atom. The van der Waals surface area contributed by atoms with Crippen molar-refractivity contribution < 1.29 is 0 Å². The van der Waals surface area contributed by atoms with Gasteiger partial charge >= 0.3 is 0 Å². The summed E-state index contributed by atoms with van der Waals surface area (Å²) in [4.78, 5) is 0. The number of aromatic nitrogens is 4. The summed E-state index contributed by atoms with van der Waals surface area (Å²) in [6.07, 6.45) is 0.788. The Morgan fingerprint density at radius 1 is 1.03 bits per heavy atom. The fraction of sp³-hybridized carbons (Fsp3) is 0.261. The highest BCUT2D eigenvalue weighted by Crippen LogP contribution is 2.39. The van der Waals surface area contributed by atoms with E-state index in [9.17, 15) is 0 Å². The van der Waals surface area contributed by atoms with Crippen molar-refractivity contribution in [3.8, 4) is 27.6 Å². The summed E-state index contributed by atoms with van der Waals surface area (Å²) < 4.78 is 2.91. The Bertz CT molecular complexity index is 1240. The number of rotatable bonds is 4. The summed E-state index contributed by atoms with van der Waals surface area (Å²) in [7, 11) is 0. The first kappa shape index (κ1) is 22.5. The minimum absolute atomic E-state index is 0.0706. The Balaban J connectivity index is 1.99. The molecule has 0 bridgehead atoms. The Kier molecular flexibility index (Phi) is 6.28. The van der Waals surface area contributed by atoms with Gasteiger partial charge in [0.25, 0.3) is 0 Å².